The van der Waals surface area contributed by atoms with Crippen molar-refractivity contribution in [2.45, 2.75) is 12.5 Å². The van der Waals surface area contributed by atoms with Crippen LogP contribution < -0.4 is 4.90 Å². The molecule has 2 atom stereocenters. The summed E-state index contributed by atoms with van der Waals surface area (Å²) in [5.74, 6) is 0.283. The molecular weight excluding hydrogens is 269 g/mol. The quantitative estimate of drug-likeness (QED) is 0.765. The Bertz CT molecular complexity index is 545. The maximum Gasteiger partial charge on any atom is 0.228 e. The molecule has 2 aliphatic rings. The fraction of sp³-hybridized carbons (Fsp3) is 0.214. The fourth-order valence-corrected chi connectivity index (χ4v) is 3.15. The second-order valence-electron chi connectivity index (χ2n) is 4.46. The number of halogens is 2. The van der Waals surface area contributed by atoms with E-state index in [2.05, 4.69) is 6.08 Å². The van der Waals surface area contributed by atoms with Gasteiger partial charge < -0.3 is 4.90 Å². The number of carbonyl (C=O) groups is 1. The molecule has 0 radical (unpaired) electrons. The van der Waals surface area contributed by atoms with Gasteiger partial charge in [-0.25, -0.2) is 0 Å². The molecule has 0 spiro atoms. The lowest BCUT2D eigenvalue weighted by Gasteiger charge is -2.27. The summed E-state index contributed by atoms with van der Waals surface area (Å²) in [6.07, 6.45) is 8.53. The summed E-state index contributed by atoms with van der Waals surface area (Å²) in [5, 5.41) is 1.03. The van der Waals surface area contributed by atoms with Crippen molar-refractivity contribution in [1.82, 2.24) is 0 Å². The summed E-state index contributed by atoms with van der Waals surface area (Å²) in [5.41, 5.74) is 0.623. The van der Waals surface area contributed by atoms with Gasteiger partial charge in [-0.3, -0.25) is 4.79 Å². The second-order valence-corrected chi connectivity index (χ2v) is 5.28. The molecule has 1 heterocycles. The van der Waals surface area contributed by atoms with Gasteiger partial charge in [-0.15, -0.1) is 0 Å². The Morgan fingerprint density at radius 3 is 2.50 bits per heavy atom. The van der Waals surface area contributed by atoms with Crippen LogP contribution >= 0.6 is 23.2 Å². The Morgan fingerprint density at radius 1 is 1.11 bits per heavy atom. The number of para-hydroxylation sites is 1. The fourth-order valence-electron chi connectivity index (χ4n) is 2.57. The average molecular weight is 280 g/mol. The molecule has 0 N–H and O–H groups in total. The van der Waals surface area contributed by atoms with Crippen LogP contribution in [-0.2, 0) is 4.79 Å². The minimum Gasteiger partial charge on any atom is -0.302 e. The van der Waals surface area contributed by atoms with Gasteiger partial charge >= 0.3 is 0 Å². The number of rotatable bonds is 1. The lowest BCUT2D eigenvalue weighted by Crippen LogP contribution is -2.34. The van der Waals surface area contributed by atoms with Crippen LogP contribution in [0.1, 0.15) is 6.42 Å². The first-order chi connectivity index (χ1) is 8.68. The third-order valence-corrected chi connectivity index (χ3v) is 3.98. The van der Waals surface area contributed by atoms with Crippen molar-refractivity contribution >= 4 is 34.8 Å². The van der Waals surface area contributed by atoms with E-state index < -0.39 is 0 Å². The largest absolute Gasteiger partial charge is 0.302 e. The minimum absolute atomic E-state index is 0.0277. The zero-order valence-electron chi connectivity index (χ0n) is 9.51. The van der Waals surface area contributed by atoms with E-state index in [9.17, 15) is 4.79 Å². The number of anilines is 1. The smallest absolute Gasteiger partial charge is 0.228 e. The van der Waals surface area contributed by atoms with E-state index >= 15 is 0 Å². The molecule has 4 heteroatoms. The highest BCUT2D eigenvalue weighted by molar-refractivity contribution is 6.40. The molecule has 92 valence electrons. The first-order valence-electron chi connectivity index (χ1n) is 5.79. The van der Waals surface area contributed by atoms with E-state index in [-0.39, 0.29) is 17.9 Å². The van der Waals surface area contributed by atoms with Gasteiger partial charge in [0.25, 0.3) is 0 Å². The van der Waals surface area contributed by atoms with Crippen molar-refractivity contribution in [3.05, 3.63) is 52.5 Å². The topological polar surface area (TPSA) is 20.3 Å². The van der Waals surface area contributed by atoms with Crippen molar-refractivity contribution in [1.29, 1.82) is 0 Å². The summed E-state index contributed by atoms with van der Waals surface area (Å²) in [6, 6.07) is 5.32. The number of hydrogen-bond acceptors (Lipinski definition) is 1. The number of fused-ring (bicyclic) bond motifs is 1. The van der Waals surface area contributed by atoms with Gasteiger partial charge in [0, 0.05) is 12.3 Å². The number of allylic oxidation sites excluding steroid dienone is 2. The van der Waals surface area contributed by atoms with Gasteiger partial charge in [-0.1, -0.05) is 53.6 Å². The molecule has 3 rings (SSSR count). The molecule has 1 amide bonds. The van der Waals surface area contributed by atoms with Crippen molar-refractivity contribution < 1.29 is 4.79 Å². The normalized spacial score (nSPS) is 25.7. The van der Waals surface area contributed by atoms with Crippen LogP contribution in [0.25, 0.3) is 0 Å². The van der Waals surface area contributed by atoms with Gasteiger partial charge in [0.1, 0.15) is 0 Å². The van der Waals surface area contributed by atoms with E-state index in [1.54, 1.807) is 23.1 Å². The van der Waals surface area contributed by atoms with E-state index in [1.807, 2.05) is 18.2 Å². The molecule has 0 bridgehead atoms. The highest BCUT2D eigenvalue weighted by Crippen LogP contribution is 2.41. The Morgan fingerprint density at radius 2 is 1.78 bits per heavy atom. The maximum absolute atomic E-state index is 12.2. The molecule has 1 fully saturated rings. The van der Waals surface area contributed by atoms with Crippen LogP contribution in [0.5, 0.6) is 0 Å². The number of nitrogens with zero attached hydrogens (tertiary/aromatic N) is 1. The number of benzene rings is 1. The maximum atomic E-state index is 12.2. The first-order valence-corrected chi connectivity index (χ1v) is 6.55. The van der Waals surface area contributed by atoms with Gasteiger partial charge in [0.05, 0.1) is 21.8 Å². The van der Waals surface area contributed by atoms with E-state index in [1.165, 1.54) is 0 Å². The van der Waals surface area contributed by atoms with E-state index in [0.29, 0.717) is 22.2 Å². The zero-order chi connectivity index (χ0) is 12.7. The van der Waals surface area contributed by atoms with E-state index in [0.717, 1.165) is 0 Å². The SMILES string of the molecule is O=C1C[C@@H]2C=CC=C[C@@H]2N1c1c(Cl)cccc1Cl. The third kappa shape index (κ3) is 1.76. The Balaban J connectivity index is 2.09. The molecule has 0 aromatic heterocycles. The highest BCUT2D eigenvalue weighted by atomic mass is 35.5. The number of hydrogen-bond donors (Lipinski definition) is 0. The van der Waals surface area contributed by atoms with Crippen LogP contribution in [-0.4, -0.2) is 11.9 Å². The van der Waals surface area contributed by atoms with Gasteiger partial charge in [0.15, 0.2) is 0 Å². The Kier molecular flexibility index (Phi) is 2.92. The molecule has 0 unspecified atom stereocenters. The molecule has 1 aliphatic carbocycles. The van der Waals surface area contributed by atoms with E-state index in [4.69, 9.17) is 23.2 Å². The molecule has 0 saturated carbocycles. The van der Waals surface area contributed by atoms with Crippen LogP contribution in [0, 0.1) is 5.92 Å². The predicted molar refractivity (Wildman–Crippen MR) is 74.1 cm³/mol. The highest BCUT2D eigenvalue weighted by Gasteiger charge is 2.40. The van der Waals surface area contributed by atoms with Crippen LogP contribution in [0.3, 0.4) is 0 Å². The van der Waals surface area contributed by atoms with Gasteiger partial charge in [-0.05, 0) is 12.1 Å². The summed E-state index contributed by atoms with van der Waals surface area (Å²) >= 11 is 12.4. The molecule has 1 aromatic rings. The zero-order valence-corrected chi connectivity index (χ0v) is 11.0. The third-order valence-electron chi connectivity index (χ3n) is 3.37. The minimum atomic E-state index is 0.0277. The lowest BCUT2D eigenvalue weighted by atomic mass is 9.96. The van der Waals surface area contributed by atoms with Crippen molar-refractivity contribution in [2.75, 3.05) is 4.90 Å². The Labute approximate surface area is 115 Å². The molecular formula is C14H11Cl2NO. The van der Waals surface area contributed by atoms with Crippen LogP contribution in [0.15, 0.2) is 42.5 Å². The van der Waals surface area contributed by atoms with Crippen LogP contribution in [0.2, 0.25) is 10.0 Å². The summed E-state index contributed by atoms with van der Waals surface area (Å²) in [7, 11) is 0. The predicted octanol–water partition coefficient (Wildman–Crippen LogP) is 3.84. The second kappa shape index (κ2) is 4.45. The standard InChI is InChI=1S/C14H11Cl2NO/c15-10-5-3-6-11(16)14(10)17-12-7-2-1-4-9(12)8-13(17)18/h1-7,9,12H,8H2/t9-,12-/m0/s1. The molecule has 2 nitrogen and oxygen atoms in total. The summed E-state index contributed by atoms with van der Waals surface area (Å²) in [6.45, 7) is 0. The summed E-state index contributed by atoms with van der Waals surface area (Å²) < 4.78 is 0. The summed E-state index contributed by atoms with van der Waals surface area (Å²) in [4.78, 5) is 13.9. The molecule has 1 saturated heterocycles. The van der Waals surface area contributed by atoms with Crippen molar-refractivity contribution in [3.63, 3.8) is 0 Å². The van der Waals surface area contributed by atoms with Crippen molar-refractivity contribution in [3.8, 4) is 0 Å². The average Bonchev–Trinajstić information content (AvgIpc) is 2.66. The molecule has 1 aromatic carbocycles. The lowest BCUT2D eigenvalue weighted by molar-refractivity contribution is -0.117. The number of amides is 1. The van der Waals surface area contributed by atoms with Gasteiger partial charge in [0.2, 0.25) is 5.91 Å². The Hall–Kier alpha value is -1.25. The van der Waals surface area contributed by atoms with Gasteiger partial charge in [-0.2, -0.15) is 0 Å². The molecule has 1 aliphatic heterocycles. The van der Waals surface area contributed by atoms with Crippen molar-refractivity contribution in [2.24, 2.45) is 5.92 Å². The first kappa shape index (κ1) is 11.8. The van der Waals surface area contributed by atoms with Crippen LogP contribution in [0.4, 0.5) is 5.69 Å². The number of carbonyl (C=O) groups excluding carboxylic acids is 1. The monoisotopic (exact) mass is 279 g/mol. The molecule has 18 heavy (non-hydrogen) atoms.